The van der Waals surface area contributed by atoms with E-state index in [9.17, 15) is 39.6 Å². The van der Waals surface area contributed by atoms with Gasteiger partial charge in [0.1, 0.15) is 10.5 Å². The maximum Gasteiger partial charge on any atom is 0.416 e. The Morgan fingerprint density at radius 1 is 0.933 bits per heavy atom. The number of aromatic nitrogens is 1. The quantitative estimate of drug-likeness (QED) is 0.265. The van der Waals surface area contributed by atoms with Crippen LogP contribution >= 0.6 is 0 Å². The molecule has 0 bridgehead atoms. The van der Waals surface area contributed by atoms with E-state index in [0.717, 1.165) is 29.0 Å². The number of sulfone groups is 1. The fourth-order valence-electron chi connectivity index (χ4n) is 4.36. The van der Waals surface area contributed by atoms with Gasteiger partial charge in [0.05, 0.1) is 10.5 Å². The molecule has 234 valence electrons. The van der Waals surface area contributed by atoms with Gasteiger partial charge >= 0.3 is 6.18 Å². The lowest BCUT2D eigenvalue weighted by atomic mass is 10.1. The van der Waals surface area contributed by atoms with Crippen molar-refractivity contribution in [3.63, 3.8) is 0 Å². The maximum absolute atomic E-state index is 13.6. The molecule has 0 aliphatic heterocycles. The summed E-state index contributed by atoms with van der Waals surface area (Å²) in [5.41, 5.74) is -2.12. The molecule has 2 N–H and O–H groups in total. The van der Waals surface area contributed by atoms with Gasteiger partial charge in [-0.3, -0.25) is 18.9 Å². The molecule has 0 aliphatic rings. The number of pyridine rings is 1. The van der Waals surface area contributed by atoms with Crippen molar-refractivity contribution in [3.8, 4) is 17.5 Å². The maximum atomic E-state index is 13.6. The van der Waals surface area contributed by atoms with Crippen molar-refractivity contribution < 1.29 is 34.8 Å². The Balaban J connectivity index is 1.80. The molecule has 4 aromatic rings. The first-order valence-electron chi connectivity index (χ1n) is 13.1. The highest BCUT2D eigenvalue weighted by Gasteiger charge is 2.31. The zero-order valence-electron chi connectivity index (χ0n) is 24.1. The van der Waals surface area contributed by atoms with Crippen molar-refractivity contribution in [2.45, 2.75) is 36.4 Å². The summed E-state index contributed by atoms with van der Waals surface area (Å²) < 4.78 is 94.4. The van der Waals surface area contributed by atoms with Gasteiger partial charge in [-0.05, 0) is 80.1 Å². The van der Waals surface area contributed by atoms with Gasteiger partial charge in [-0.25, -0.2) is 16.8 Å². The third-order valence-electron chi connectivity index (χ3n) is 6.58. The van der Waals surface area contributed by atoms with Crippen molar-refractivity contribution in [2.24, 2.45) is 0 Å². The number of benzene rings is 3. The number of amides is 1. The lowest BCUT2D eigenvalue weighted by Crippen LogP contribution is -2.35. The van der Waals surface area contributed by atoms with Crippen LogP contribution in [-0.2, 0) is 32.6 Å². The molecule has 0 spiro atoms. The lowest BCUT2D eigenvalue weighted by molar-refractivity contribution is -0.137. The van der Waals surface area contributed by atoms with Gasteiger partial charge in [0.25, 0.3) is 21.5 Å². The molecule has 1 amide bonds. The zero-order chi connectivity index (χ0) is 33.2. The number of hydrogen-bond acceptors (Lipinski definition) is 6. The Hall–Kier alpha value is -4.87. The minimum atomic E-state index is -4.76. The summed E-state index contributed by atoms with van der Waals surface area (Å²) in [6.07, 6.45) is -3.73. The van der Waals surface area contributed by atoms with Crippen LogP contribution in [0.4, 0.5) is 18.9 Å². The van der Waals surface area contributed by atoms with E-state index in [4.69, 9.17) is 0 Å². The molecule has 14 heteroatoms. The molecule has 0 atom stereocenters. The monoisotopic (exact) mass is 657 g/mol. The Kier molecular flexibility index (Phi) is 9.27. The Morgan fingerprint density at radius 2 is 1.58 bits per heavy atom. The SMILES string of the molecule is CC#Cc1ccc(NS(=O)(=O)c2cc(C(=O)NCc3ccc(S(C)(=O)=O)cc3)c(=O)n(-c3cccc(C(F)(F)F)c3)c2C)cc1. The molecule has 9 nitrogen and oxygen atoms in total. The third kappa shape index (κ3) is 7.62. The second-order valence-electron chi connectivity index (χ2n) is 9.85. The first kappa shape index (κ1) is 33.0. The smallest absolute Gasteiger partial charge is 0.348 e. The molecule has 1 aromatic heterocycles. The predicted octanol–water partition coefficient (Wildman–Crippen LogP) is 4.67. The summed E-state index contributed by atoms with van der Waals surface area (Å²) in [7, 11) is -7.97. The number of carbonyl (C=O) groups is 1. The van der Waals surface area contributed by atoms with E-state index in [2.05, 4.69) is 21.9 Å². The second kappa shape index (κ2) is 12.6. The molecular weight excluding hydrogens is 631 g/mol. The average molecular weight is 658 g/mol. The van der Waals surface area contributed by atoms with Crippen molar-refractivity contribution in [3.05, 3.63) is 117 Å². The van der Waals surface area contributed by atoms with Gasteiger partial charge < -0.3 is 5.32 Å². The number of rotatable bonds is 8. The number of carbonyl (C=O) groups excluding carboxylic acids is 1. The van der Waals surface area contributed by atoms with Crippen LogP contribution in [0.5, 0.6) is 0 Å². The van der Waals surface area contributed by atoms with Gasteiger partial charge in [-0.2, -0.15) is 13.2 Å². The van der Waals surface area contributed by atoms with Crippen molar-refractivity contribution in [1.82, 2.24) is 9.88 Å². The van der Waals surface area contributed by atoms with Crippen LogP contribution in [0.2, 0.25) is 0 Å². The number of nitrogens with zero attached hydrogens (tertiary/aromatic N) is 1. The van der Waals surface area contributed by atoms with Crippen LogP contribution < -0.4 is 15.6 Å². The summed E-state index contributed by atoms with van der Waals surface area (Å²) >= 11 is 0. The Morgan fingerprint density at radius 3 is 2.16 bits per heavy atom. The summed E-state index contributed by atoms with van der Waals surface area (Å²) in [4.78, 5) is 26.4. The number of nitrogens with one attached hydrogen (secondary N) is 2. The lowest BCUT2D eigenvalue weighted by Gasteiger charge is -2.18. The molecule has 45 heavy (non-hydrogen) atoms. The fraction of sp³-hybridized carbons (Fsp3) is 0.161. The molecule has 0 saturated carbocycles. The Bertz CT molecular complexity index is 2110. The summed E-state index contributed by atoms with van der Waals surface area (Å²) in [6.45, 7) is 2.70. The first-order chi connectivity index (χ1) is 21.0. The topological polar surface area (TPSA) is 131 Å². The minimum Gasteiger partial charge on any atom is -0.348 e. The molecule has 0 saturated heterocycles. The molecule has 1 heterocycles. The summed E-state index contributed by atoms with van der Waals surface area (Å²) in [6, 6.07) is 16.2. The number of hydrogen-bond donors (Lipinski definition) is 2. The summed E-state index contributed by atoms with van der Waals surface area (Å²) in [5.74, 6) is 4.53. The fourth-order valence-corrected chi connectivity index (χ4v) is 6.30. The average Bonchev–Trinajstić information content (AvgIpc) is 2.96. The third-order valence-corrected chi connectivity index (χ3v) is 9.20. The van der Waals surface area contributed by atoms with E-state index in [1.54, 1.807) is 19.1 Å². The molecule has 0 radical (unpaired) electrons. The number of anilines is 1. The van der Waals surface area contributed by atoms with Crippen LogP contribution in [0.3, 0.4) is 0 Å². The van der Waals surface area contributed by atoms with E-state index >= 15 is 0 Å². The molecule has 4 rings (SSSR count). The van der Waals surface area contributed by atoms with Crippen molar-refractivity contribution in [1.29, 1.82) is 0 Å². The standard InChI is InChI=1S/C31H26F3N3O6S2/c1-4-6-21-9-13-24(14-10-21)36-45(42,43)28-18-27(29(38)35-19-22-11-15-26(16-12-22)44(3,40)41)30(39)37(20(28)2)25-8-5-7-23(17-25)31(32,33)34/h5,7-18,36H,19H2,1-3H3,(H,35,38). The van der Waals surface area contributed by atoms with Crippen LogP contribution in [0, 0.1) is 18.8 Å². The van der Waals surface area contributed by atoms with Crippen LogP contribution in [0.25, 0.3) is 5.69 Å². The van der Waals surface area contributed by atoms with E-state index < -0.39 is 53.5 Å². The van der Waals surface area contributed by atoms with Crippen molar-refractivity contribution in [2.75, 3.05) is 11.0 Å². The zero-order valence-corrected chi connectivity index (χ0v) is 25.7. The normalized spacial score (nSPS) is 11.8. The molecule has 3 aromatic carbocycles. The number of halogens is 3. The van der Waals surface area contributed by atoms with Gasteiger partial charge in [0.2, 0.25) is 0 Å². The van der Waals surface area contributed by atoms with E-state index in [0.29, 0.717) is 17.2 Å². The van der Waals surface area contributed by atoms with Gasteiger partial charge in [-0.15, -0.1) is 5.92 Å². The molecule has 0 aliphatic carbocycles. The van der Waals surface area contributed by atoms with Crippen molar-refractivity contribution >= 4 is 31.5 Å². The van der Waals surface area contributed by atoms with Gasteiger partial charge in [-0.1, -0.05) is 24.1 Å². The summed E-state index contributed by atoms with van der Waals surface area (Å²) in [5, 5.41) is 2.48. The highest BCUT2D eigenvalue weighted by atomic mass is 32.2. The van der Waals surface area contributed by atoms with E-state index in [1.807, 2.05) is 0 Å². The van der Waals surface area contributed by atoms with E-state index in [1.165, 1.54) is 49.4 Å². The molecular formula is C31H26F3N3O6S2. The number of alkyl halides is 3. The Labute approximate surface area is 257 Å². The van der Waals surface area contributed by atoms with Crippen LogP contribution in [0.15, 0.2) is 93.4 Å². The minimum absolute atomic E-state index is 0.0513. The van der Waals surface area contributed by atoms with Crippen LogP contribution in [-0.4, -0.2) is 33.6 Å². The molecule has 0 unspecified atom stereocenters. The van der Waals surface area contributed by atoms with Gasteiger partial charge in [0.15, 0.2) is 9.84 Å². The number of sulfonamides is 1. The largest absolute Gasteiger partial charge is 0.416 e. The predicted molar refractivity (Wildman–Crippen MR) is 162 cm³/mol. The highest BCUT2D eigenvalue weighted by molar-refractivity contribution is 7.92. The highest BCUT2D eigenvalue weighted by Crippen LogP contribution is 2.31. The molecule has 0 fully saturated rings. The van der Waals surface area contributed by atoms with Gasteiger partial charge in [0, 0.05) is 35.4 Å². The van der Waals surface area contributed by atoms with Crippen LogP contribution in [0.1, 0.15) is 39.7 Å². The first-order valence-corrected chi connectivity index (χ1v) is 16.5. The van der Waals surface area contributed by atoms with E-state index in [-0.39, 0.29) is 28.5 Å². The second-order valence-corrected chi connectivity index (χ2v) is 13.5.